The van der Waals surface area contributed by atoms with Crippen molar-refractivity contribution >= 4 is 23.4 Å². The van der Waals surface area contributed by atoms with Gasteiger partial charge in [0.15, 0.2) is 0 Å². The molecular formula is C19H25FN4O3. The molecule has 3 atom stereocenters. The first-order chi connectivity index (χ1) is 13.0. The van der Waals surface area contributed by atoms with Gasteiger partial charge in [-0.2, -0.15) is 0 Å². The fourth-order valence-electron chi connectivity index (χ4n) is 3.66. The molecule has 1 saturated heterocycles. The van der Waals surface area contributed by atoms with E-state index >= 15 is 0 Å². The van der Waals surface area contributed by atoms with Crippen LogP contribution in [0.2, 0.25) is 0 Å². The highest BCUT2D eigenvalue weighted by Gasteiger charge is 2.40. The Bertz CT molecular complexity index is 763. The zero-order valence-electron chi connectivity index (χ0n) is 15.3. The molecule has 1 aromatic heterocycles. The number of nitrogens with one attached hydrogen (secondary N) is 1. The number of hydroxylamine groups is 2. The van der Waals surface area contributed by atoms with Crippen LogP contribution in [0.1, 0.15) is 44.5 Å². The van der Waals surface area contributed by atoms with Gasteiger partial charge in [-0.15, -0.1) is 0 Å². The number of alkyl halides is 1. The Kier molecular flexibility index (Phi) is 6.05. The highest BCUT2D eigenvalue weighted by Crippen LogP contribution is 2.34. The molecule has 2 heterocycles. The summed E-state index contributed by atoms with van der Waals surface area (Å²) >= 11 is 0. The number of aromatic amines is 1. The van der Waals surface area contributed by atoms with E-state index in [2.05, 4.69) is 9.97 Å². The lowest BCUT2D eigenvalue weighted by molar-refractivity contribution is -0.157. The van der Waals surface area contributed by atoms with Crippen molar-refractivity contribution in [1.82, 2.24) is 19.9 Å². The molecule has 0 spiro atoms. The van der Waals surface area contributed by atoms with Crippen molar-refractivity contribution in [2.24, 2.45) is 5.92 Å². The minimum absolute atomic E-state index is 0.00428. The third kappa shape index (κ3) is 4.27. The topological polar surface area (TPSA) is 89.5 Å². The second-order valence-electron chi connectivity index (χ2n) is 7.05. The Balaban J connectivity index is 1.84. The second-order valence-corrected chi connectivity index (χ2v) is 7.05. The van der Waals surface area contributed by atoms with Gasteiger partial charge in [0.2, 0.25) is 12.3 Å². The molecule has 1 aromatic carbocycles. The number of hydrogen-bond donors (Lipinski definition) is 2. The fraction of sp³-hybridized carbons (Fsp3) is 0.526. The Morgan fingerprint density at radius 3 is 3.00 bits per heavy atom. The molecule has 2 aromatic rings. The van der Waals surface area contributed by atoms with Crippen LogP contribution in [-0.2, 0) is 9.59 Å². The first-order valence-electron chi connectivity index (χ1n) is 9.33. The Morgan fingerprint density at radius 1 is 1.52 bits per heavy atom. The zero-order valence-corrected chi connectivity index (χ0v) is 15.3. The average Bonchev–Trinajstić information content (AvgIpc) is 3.27. The number of amides is 2. The fourth-order valence-corrected chi connectivity index (χ4v) is 3.66. The number of carbonyl (C=O) groups is 2. The van der Waals surface area contributed by atoms with E-state index in [1.165, 1.54) is 4.90 Å². The summed E-state index contributed by atoms with van der Waals surface area (Å²) in [4.78, 5) is 33.1. The number of fused-ring (bicyclic) bond motifs is 1. The molecule has 0 bridgehead atoms. The molecule has 0 aliphatic carbocycles. The van der Waals surface area contributed by atoms with Gasteiger partial charge in [0, 0.05) is 6.42 Å². The Morgan fingerprint density at radius 2 is 2.30 bits per heavy atom. The summed E-state index contributed by atoms with van der Waals surface area (Å²) in [6, 6.07) is 7.03. The van der Waals surface area contributed by atoms with E-state index in [-0.39, 0.29) is 31.8 Å². The van der Waals surface area contributed by atoms with Crippen LogP contribution in [0.3, 0.4) is 0 Å². The maximum Gasteiger partial charge on any atom is 0.233 e. The van der Waals surface area contributed by atoms with Crippen LogP contribution in [0.25, 0.3) is 11.0 Å². The number of carbonyl (C=O) groups excluding carboxylic acids is 2. The molecule has 0 saturated carbocycles. The van der Waals surface area contributed by atoms with Crippen LogP contribution in [0.15, 0.2) is 24.3 Å². The predicted molar refractivity (Wildman–Crippen MR) is 97.6 cm³/mol. The highest BCUT2D eigenvalue weighted by atomic mass is 19.1. The van der Waals surface area contributed by atoms with Gasteiger partial charge >= 0.3 is 0 Å². The standard InChI is InChI=1S/C19H25FN4O3/c1-2-3-6-13(10-23(27)12-25)19(26)24-11-14(20)9-17(24)18-21-15-7-4-5-8-16(15)22-18/h4-5,7-8,12-14,17,27H,2-3,6,9-11H2,1H3,(H,21,22)/t13?,14-,17+/m1/s1. The molecule has 0 radical (unpaired) electrons. The van der Waals surface area contributed by atoms with Gasteiger partial charge in [-0.1, -0.05) is 31.9 Å². The Hall–Kier alpha value is -2.48. The number of imidazole rings is 1. The van der Waals surface area contributed by atoms with Crippen molar-refractivity contribution in [2.75, 3.05) is 13.1 Å². The minimum Gasteiger partial charge on any atom is -0.340 e. The summed E-state index contributed by atoms with van der Waals surface area (Å²) in [6.45, 7) is 1.90. The number of halogens is 1. The van der Waals surface area contributed by atoms with Gasteiger partial charge in [-0.05, 0) is 18.6 Å². The molecule has 1 unspecified atom stereocenters. The second kappa shape index (κ2) is 8.47. The van der Waals surface area contributed by atoms with Gasteiger partial charge in [0.1, 0.15) is 12.0 Å². The summed E-state index contributed by atoms with van der Waals surface area (Å²) in [7, 11) is 0. The number of aromatic nitrogens is 2. The molecular weight excluding hydrogens is 351 g/mol. The van der Waals surface area contributed by atoms with Crippen LogP contribution in [0, 0.1) is 5.92 Å². The molecule has 2 amide bonds. The maximum atomic E-state index is 14.2. The molecule has 7 nitrogen and oxygen atoms in total. The first kappa shape index (κ1) is 19.3. The summed E-state index contributed by atoms with van der Waals surface area (Å²) in [6.07, 6.45) is 1.53. The van der Waals surface area contributed by atoms with Gasteiger partial charge in [-0.3, -0.25) is 14.8 Å². The number of rotatable bonds is 8. The number of H-pyrrole nitrogens is 1. The molecule has 2 N–H and O–H groups in total. The molecule has 146 valence electrons. The van der Waals surface area contributed by atoms with Crippen molar-refractivity contribution in [3.8, 4) is 0 Å². The van der Waals surface area contributed by atoms with E-state index in [0.717, 1.165) is 23.9 Å². The van der Waals surface area contributed by atoms with Crippen LogP contribution in [0.4, 0.5) is 4.39 Å². The van der Waals surface area contributed by atoms with E-state index in [4.69, 9.17) is 0 Å². The molecule has 8 heteroatoms. The number of para-hydroxylation sites is 2. The third-order valence-electron chi connectivity index (χ3n) is 5.04. The highest BCUT2D eigenvalue weighted by molar-refractivity contribution is 5.80. The number of hydrogen-bond acceptors (Lipinski definition) is 4. The normalized spacial score (nSPS) is 20.8. The summed E-state index contributed by atoms with van der Waals surface area (Å²) in [5.74, 6) is -0.262. The summed E-state index contributed by atoms with van der Waals surface area (Å²) in [5.41, 5.74) is 1.61. The van der Waals surface area contributed by atoms with Crippen LogP contribution in [0.5, 0.6) is 0 Å². The molecule has 27 heavy (non-hydrogen) atoms. The molecule has 1 aliphatic heterocycles. The summed E-state index contributed by atoms with van der Waals surface area (Å²) < 4.78 is 14.2. The number of likely N-dealkylation sites (tertiary alicyclic amines) is 1. The lowest BCUT2D eigenvalue weighted by Crippen LogP contribution is -2.41. The van der Waals surface area contributed by atoms with Crippen LogP contribution in [-0.4, -0.2) is 56.7 Å². The predicted octanol–water partition coefficient (Wildman–Crippen LogP) is 2.83. The first-order valence-corrected chi connectivity index (χ1v) is 9.33. The van der Waals surface area contributed by atoms with Crippen molar-refractivity contribution in [3.63, 3.8) is 0 Å². The lowest BCUT2D eigenvalue weighted by Gasteiger charge is -2.28. The van der Waals surface area contributed by atoms with E-state index < -0.39 is 18.1 Å². The largest absolute Gasteiger partial charge is 0.340 e. The van der Waals surface area contributed by atoms with Crippen LogP contribution < -0.4 is 0 Å². The monoisotopic (exact) mass is 376 g/mol. The van der Waals surface area contributed by atoms with E-state index in [1.54, 1.807) is 0 Å². The van der Waals surface area contributed by atoms with Gasteiger partial charge < -0.3 is 9.88 Å². The van der Waals surface area contributed by atoms with E-state index in [9.17, 15) is 19.2 Å². The SMILES string of the molecule is CCCCC(CN(O)C=O)C(=O)N1C[C@H](F)C[C@H]1c1nc2ccccc2[nH]1. The van der Waals surface area contributed by atoms with Crippen LogP contribution >= 0.6 is 0 Å². The maximum absolute atomic E-state index is 14.2. The smallest absolute Gasteiger partial charge is 0.233 e. The Labute approximate surface area is 157 Å². The average molecular weight is 376 g/mol. The van der Waals surface area contributed by atoms with Crippen molar-refractivity contribution in [1.29, 1.82) is 0 Å². The summed E-state index contributed by atoms with van der Waals surface area (Å²) in [5, 5.41) is 10.0. The van der Waals surface area contributed by atoms with Crippen molar-refractivity contribution in [3.05, 3.63) is 30.1 Å². The van der Waals surface area contributed by atoms with Crippen molar-refractivity contribution in [2.45, 2.75) is 44.8 Å². The number of benzene rings is 1. The third-order valence-corrected chi connectivity index (χ3v) is 5.04. The van der Waals surface area contributed by atoms with Crippen molar-refractivity contribution < 1.29 is 19.2 Å². The molecule has 3 rings (SSSR count). The quantitative estimate of drug-likeness (QED) is 0.421. The van der Waals surface area contributed by atoms with E-state index in [1.807, 2.05) is 31.2 Å². The van der Waals surface area contributed by atoms with E-state index in [0.29, 0.717) is 17.3 Å². The van der Waals surface area contributed by atoms with Gasteiger partial charge in [0.25, 0.3) is 0 Å². The number of nitrogens with zero attached hydrogens (tertiary/aromatic N) is 3. The zero-order chi connectivity index (χ0) is 19.4. The molecule has 1 fully saturated rings. The molecule has 1 aliphatic rings. The number of unbranched alkanes of at least 4 members (excludes halogenated alkanes) is 1. The van der Waals surface area contributed by atoms with Gasteiger partial charge in [0.05, 0.1) is 36.1 Å². The lowest BCUT2D eigenvalue weighted by atomic mass is 9.99. The minimum atomic E-state index is -1.13. The van der Waals surface area contributed by atoms with Gasteiger partial charge in [-0.25, -0.2) is 14.4 Å².